The first-order valence-electron chi connectivity index (χ1n) is 10.3. The van der Waals surface area contributed by atoms with Crippen LogP contribution in [0.3, 0.4) is 0 Å². The van der Waals surface area contributed by atoms with Crippen LogP contribution in [-0.2, 0) is 4.79 Å². The van der Waals surface area contributed by atoms with E-state index in [-0.39, 0.29) is 11.7 Å². The third-order valence-electron chi connectivity index (χ3n) is 5.69. The average Bonchev–Trinajstić information content (AvgIpc) is 3.09. The fourth-order valence-electron chi connectivity index (χ4n) is 3.95. The van der Waals surface area contributed by atoms with Gasteiger partial charge in [0.2, 0.25) is 0 Å². The Morgan fingerprint density at radius 1 is 0.812 bits per heavy atom. The van der Waals surface area contributed by atoms with Gasteiger partial charge in [-0.3, -0.25) is 4.79 Å². The Morgan fingerprint density at radius 3 is 2.16 bits per heavy atom. The van der Waals surface area contributed by atoms with Crippen molar-refractivity contribution in [2.45, 2.75) is 6.92 Å². The topological polar surface area (TPSA) is 49.3 Å². The van der Waals surface area contributed by atoms with Crippen molar-refractivity contribution in [2.24, 2.45) is 0 Å². The van der Waals surface area contributed by atoms with Gasteiger partial charge < -0.3 is 10.4 Å². The molecule has 1 aliphatic heterocycles. The van der Waals surface area contributed by atoms with Crippen molar-refractivity contribution < 1.29 is 9.90 Å². The van der Waals surface area contributed by atoms with Crippen molar-refractivity contribution >= 4 is 34.8 Å². The van der Waals surface area contributed by atoms with E-state index in [1.165, 1.54) is 5.56 Å². The first kappa shape index (κ1) is 20.1. The van der Waals surface area contributed by atoms with Crippen molar-refractivity contribution in [3.8, 4) is 28.0 Å². The number of carbonyl (C=O) groups is 1. The summed E-state index contributed by atoms with van der Waals surface area (Å²) in [5.74, 6) is 0.106. The molecule has 5 rings (SSSR count). The third kappa shape index (κ3) is 3.68. The summed E-state index contributed by atoms with van der Waals surface area (Å²) in [5, 5.41) is 13.6. The monoisotopic (exact) mass is 437 g/mol. The van der Waals surface area contributed by atoms with Crippen molar-refractivity contribution in [3.05, 3.63) is 107 Å². The molecule has 1 amide bonds. The lowest BCUT2D eigenvalue weighted by molar-refractivity contribution is -0.110. The number of carbonyl (C=O) groups excluding carboxylic acids is 1. The molecule has 4 aromatic rings. The standard InChI is InChI=1S/C28H20ClNO2/c1-17-6-8-18(9-7-17)14-24-23-15-22(25(29)16-26(23)30-28(24)32)20-12-10-19(11-13-20)21-4-2-3-5-27(21)31/h2-16,31H,1H3,(H,30,32)/b24-14-. The maximum absolute atomic E-state index is 12.6. The minimum Gasteiger partial charge on any atom is -0.507 e. The van der Waals surface area contributed by atoms with Gasteiger partial charge in [-0.2, -0.15) is 0 Å². The summed E-state index contributed by atoms with van der Waals surface area (Å²) in [6.07, 6.45) is 1.90. The molecule has 32 heavy (non-hydrogen) atoms. The normalized spacial score (nSPS) is 13.8. The molecule has 0 radical (unpaired) electrons. The van der Waals surface area contributed by atoms with Crippen LogP contribution in [0, 0.1) is 6.92 Å². The van der Waals surface area contributed by atoms with E-state index in [1.54, 1.807) is 18.2 Å². The summed E-state index contributed by atoms with van der Waals surface area (Å²) < 4.78 is 0. The van der Waals surface area contributed by atoms with Gasteiger partial charge in [0.25, 0.3) is 5.91 Å². The number of phenols is 1. The molecule has 0 fully saturated rings. The number of amides is 1. The Morgan fingerprint density at radius 2 is 1.47 bits per heavy atom. The molecule has 0 spiro atoms. The zero-order valence-corrected chi connectivity index (χ0v) is 18.1. The molecular formula is C28H20ClNO2. The van der Waals surface area contributed by atoms with E-state index in [1.807, 2.05) is 79.7 Å². The van der Waals surface area contributed by atoms with Gasteiger partial charge in [-0.15, -0.1) is 0 Å². The van der Waals surface area contributed by atoms with Gasteiger partial charge >= 0.3 is 0 Å². The predicted molar refractivity (Wildman–Crippen MR) is 132 cm³/mol. The van der Waals surface area contributed by atoms with Crippen LogP contribution >= 0.6 is 11.6 Å². The first-order valence-corrected chi connectivity index (χ1v) is 10.7. The predicted octanol–water partition coefficient (Wildman–Crippen LogP) is 7.18. The van der Waals surface area contributed by atoms with Gasteiger partial charge in [-0.1, -0.05) is 83.9 Å². The van der Waals surface area contributed by atoms with Crippen LogP contribution in [0.25, 0.3) is 33.9 Å². The molecule has 0 saturated heterocycles. The minimum atomic E-state index is -0.135. The number of aromatic hydroxyl groups is 1. The molecule has 2 N–H and O–H groups in total. The van der Waals surface area contributed by atoms with E-state index < -0.39 is 0 Å². The van der Waals surface area contributed by atoms with E-state index in [0.717, 1.165) is 33.4 Å². The number of rotatable bonds is 3. The summed E-state index contributed by atoms with van der Waals surface area (Å²) in [4.78, 5) is 12.6. The lowest BCUT2D eigenvalue weighted by atomic mass is 9.96. The number of benzene rings is 4. The number of fused-ring (bicyclic) bond motifs is 1. The van der Waals surface area contributed by atoms with Crippen LogP contribution in [0.4, 0.5) is 5.69 Å². The summed E-state index contributed by atoms with van der Waals surface area (Å²) >= 11 is 6.59. The van der Waals surface area contributed by atoms with Gasteiger partial charge in [0.15, 0.2) is 0 Å². The molecule has 0 bridgehead atoms. The maximum atomic E-state index is 12.6. The molecular weight excluding hydrogens is 418 g/mol. The Balaban J connectivity index is 1.54. The zero-order valence-electron chi connectivity index (χ0n) is 17.4. The summed E-state index contributed by atoms with van der Waals surface area (Å²) in [5.41, 5.74) is 7.78. The maximum Gasteiger partial charge on any atom is 0.256 e. The van der Waals surface area contributed by atoms with E-state index in [0.29, 0.717) is 16.3 Å². The van der Waals surface area contributed by atoms with Crippen molar-refractivity contribution in [3.63, 3.8) is 0 Å². The van der Waals surface area contributed by atoms with Crippen LogP contribution in [0.1, 0.15) is 16.7 Å². The number of hydrogen-bond acceptors (Lipinski definition) is 2. The Kier molecular flexibility index (Phi) is 5.04. The Hall–Kier alpha value is -3.82. The van der Waals surface area contributed by atoms with E-state index in [2.05, 4.69) is 5.32 Å². The number of anilines is 1. The second kappa shape index (κ2) is 8.03. The average molecular weight is 438 g/mol. The molecule has 0 saturated carbocycles. The third-order valence-corrected chi connectivity index (χ3v) is 6.00. The largest absolute Gasteiger partial charge is 0.507 e. The molecule has 0 aromatic heterocycles. The highest BCUT2D eigenvalue weighted by atomic mass is 35.5. The Bertz CT molecular complexity index is 1370. The SMILES string of the molecule is Cc1ccc(/C=C2\C(=O)Nc3cc(Cl)c(-c4ccc(-c5ccccc5O)cc4)cc32)cc1. The van der Waals surface area contributed by atoms with Crippen LogP contribution in [0.15, 0.2) is 84.9 Å². The van der Waals surface area contributed by atoms with Crippen LogP contribution in [0.5, 0.6) is 5.75 Å². The lowest BCUT2D eigenvalue weighted by Gasteiger charge is -2.10. The van der Waals surface area contributed by atoms with Crippen LogP contribution in [0.2, 0.25) is 5.02 Å². The van der Waals surface area contributed by atoms with E-state index >= 15 is 0 Å². The summed E-state index contributed by atoms with van der Waals surface area (Å²) in [6.45, 7) is 2.03. The number of nitrogens with one attached hydrogen (secondary N) is 1. The highest BCUT2D eigenvalue weighted by Gasteiger charge is 2.26. The number of halogens is 1. The number of phenolic OH excluding ortho intramolecular Hbond substituents is 1. The lowest BCUT2D eigenvalue weighted by Crippen LogP contribution is -2.03. The number of hydrogen-bond donors (Lipinski definition) is 2. The summed E-state index contributed by atoms with van der Waals surface area (Å²) in [7, 11) is 0. The fourth-order valence-corrected chi connectivity index (χ4v) is 4.23. The second-order valence-corrected chi connectivity index (χ2v) is 8.30. The van der Waals surface area contributed by atoms with Crippen LogP contribution < -0.4 is 5.32 Å². The quantitative estimate of drug-likeness (QED) is 0.333. The minimum absolute atomic E-state index is 0.135. The van der Waals surface area contributed by atoms with E-state index in [9.17, 15) is 9.90 Å². The van der Waals surface area contributed by atoms with Crippen molar-refractivity contribution in [1.29, 1.82) is 0 Å². The van der Waals surface area contributed by atoms with Gasteiger partial charge in [0.1, 0.15) is 5.75 Å². The van der Waals surface area contributed by atoms with Gasteiger partial charge in [0.05, 0.1) is 10.7 Å². The highest BCUT2D eigenvalue weighted by Crippen LogP contribution is 2.41. The molecule has 0 atom stereocenters. The van der Waals surface area contributed by atoms with Gasteiger partial charge in [0, 0.05) is 22.3 Å². The smallest absolute Gasteiger partial charge is 0.256 e. The molecule has 1 heterocycles. The fraction of sp³-hybridized carbons (Fsp3) is 0.0357. The molecule has 1 aliphatic rings. The molecule has 0 unspecified atom stereocenters. The van der Waals surface area contributed by atoms with Gasteiger partial charge in [-0.05, 0) is 47.9 Å². The van der Waals surface area contributed by atoms with Crippen molar-refractivity contribution in [2.75, 3.05) is 5.32 Å². The van der Waals surface area contributed by atoms with Crippen molar-refractivity contribution in [1.82, 2.24) is 0 Å². The molecule has 3 nitrogen and oxygen atoms in total. The molecule has 4 aromatic carbocycles. The number of aryl methyl sites for hydroxylation is 1. The van der Waals surface area contributed by atoms with Gasteiger partial charge in [-0.25, -0.2) is 0 Å². The molecule has 156 valence electrons. The Labute approximate surface area is 191 Å². The zero-order chi connectivity index (χ0) is 22.2. The van der Waals surface area contributed by atoms with Crippen LogP contribution in [-0.4, -0.2) is 11.0 Å². The molecule has 4 heteroatoms. The highest BCUT2D eigenvalue weighted by molar-refractivity contribution is 6.38. The van der Waals surface area contributed by atoms with E-state index in [4.69, 9.17) is 11.6 Å². The first-order chi connectivity index (χ1) is 15.5. The summed E-state index contributed by atoms with van der Waals surface area (Å²) in [6, 6.07) is 26.9. The number of para-hydroxylation sites is 1. The second-order valence-electron chi connectivity index (χ2n) is 7.89. The molecule has 0 aliphatic carbocycles.